The SMILES string of the molecule is COc1ccc(C=C(NC(C)=O)C(=O)N2CCOCC2)cc1OC. The summed E-state index contributed by atoms with van der Waals surface area (Å²) in [7, 11) is 3.09. The fourth-order valence-corrected chi connectivity index (χ4v) is 2.39. The van der Waals surface area contributed by atoms with Gasteiger partial charge in [0.15, 0.2) is 11.5 Å². The van der Waals surface area contributed by atoms with Gasteiger partial charge in [-0.2, -0.15) is 0 Å². The minimum Gasteiger partial charge on any atom is -0.493 e. The Morgan fingerprint density at radius 1 is 1.17 bits per heavy atom. The number of nitrogens with one attached hydrogen (secondary N) is 1. The van der Waals surface area contributed by atoms with E-state index in [2.05, 4.69) is 5.32 Å². The van der Waals surface area contributed by atoms with Crippen LogP contribution in [0.1, 0.15) is 12.5 Å². The van der Waals surface area contributed by atoms with Gasteiger partial charge >= 0.3 is 0 Å². The van der Waals surface area contributed by atoms with E-state index in [1.54, 1.807) is 43.4 Å². The van der Waals surface area contributed by atoms with Gasteiger partial charge in [-0.15, -0.1) is 0 Å². The number of benzene rings is 1. The highest BCUT2D eigenvalue weighted by Crippen LogP contribution is 2.28. The Balaban J connectivity index is 2.30. The van der Waals surface area contributed by atoms with E-state index < -0.39 is 0 Å². The Bertz CT molecular complexity index is 636. The Morgan fingerprint density at radius 3 is 2.42 bits per heavy atom. The summed E-state index contributed by atoms with van der Waals surface area (Å²) in [5.41, 5.74) is 0.939. The minimum absolute atomic E-state index is 0.219. The standard InChI is InChI=1S/C17H22N2O5/c1-12(20)18-14(17(21)19-6-8-24-9-7-19)10-13-4-5-15(22-2)16(11-13)23-3/h4-5,10-11H,6-9H2,1-3H3,(H,18,20). The third-order valence-electron chi connectivity index (χ3n) is 3.56. The molecule has 0 spiro atoms. The van der Waals surface area contributed by atoms with E-state index in [0.717, 1.165) is 5.56 Å². The zero-order valence-corrected chi connectivity index (χ0v) is 14.1. The largest absolute Gasteiger partial charge is 0.493 e. The first-order chi connectivity index (χ1) is 11.5. The van der Waals surface area contributed by atoms with Crippen LogP contribution in [-0.4, -0.2) is 57.2 Å². The van der Waals surface area contributed by atoms with Gasteiger partial charge < -0.3 is 24.4 Å². The lowest BCUT2D eigenvalue weighted by molar-refractivity contribution is -0.132. The Labute approximate surface area is 141 Å². The van der Waals surface area contributed by atoms with Crippen molar-refractivity contribution in [2.24, 2.45) is 0 Å². The van der Waals surface area contributed by atoms with Gasteiger partial charge in [-0.3, -0.25) is 9.59 Å². The number of morpholine rings is 1. The number of methoxy groups -OCH3 is 2. The molecule has 7 nitrogen and oxygen atoms in total. The highest BCUT2D eigenvalue weighted by atomic mass is 16.5. The Hall–Kier alpha value is -2.54. The maximum Gasteiger partial charge on any atom is 0.270 e. The second-order valence-electron chi connectivity index (χ2n) is 5.26. The third kappa shape index (κ3) is 4.48. The van der Waals surface area contributed by atoms with Crippen LogP contribution < -0.4 is 14.8 Å². The van der Waals surface area contributed by atoms with E-state index in [4.69, 9.17) is 14.2 Å². The molecule has 1 aromatic carbocycles. The van der Waals surface area contributed by atoms with Gasteiger partial charge in [-0.05, 0) is 23.8 Å². The van der Waals surface area contributed by atoms with E-state index in [9.17, 15) is 9.59 Å². The number of amides is 2. The first-order valence-electron chi connectivity index (χ1n) is 7.63. The molecule has 24 heavy (non-hydrogen) atoms. The average molecular weight is 334 g/mol. The van der Waals surface area contributed by atoms with E-state index in [1.807, 2.05) is 0 Å². The second-order valence-corrected chi connectivity index (χ2v) is 5.26. The zero-order chi connectivity index (χ0) is 17.5. The molecule has 1 aliphatic rings. The molecule has 1 aliphatic heterocycles. The Kier molecular flexibility index (Phi) is 6.20. The summed E-state index contributed by atoms with van der Waals surface area (Å²) < 4.78 is 15.7. The predicted octanol–water partition coefficient (Wildman–Crippen LogP) is 1.04. The van der Waals surface area contributed by atoms with Gasteiger partial charge in [-0.25, -0.2) is 0 Å². The summed E-state index contributed by atoms with van der Waals surface area (Å²) >= 11 is 0. The van der Waals surface area contributed by atoms with Crippen LogP contribution in [-0.2, 0) is 14.3 Å². The van der Waals surface area contributed by atoms with Crippen LogP contribution in [0.15, 0.2) is 23.9 Å². The van der Waals surface area contributed by atoms with E-state index in [0.29, 0.717) is 37.8 Å². The highest BCUT2D eigenvalue weighted by Gasteiger charge is 2.21. The topological polar surface area (TPSA) is 77.1 Å². The summed E-state index contributed by atoms with van der Waals surface area (Å²) in [6, 6.07) is 5.28. The molecule has 0 atom stereocenters. The molecule has 130 valence electrons. The van der Waals surface area contributed by atoms with Crippen molar-refractivity contribution in [2.75, 3.05) is 40.5 Å². The van der Waals surface area contributed by atoms with Crippen molar-refractivity contribution in [3.63, 3.8) is 0 Å². The van der Waals surface area contributed by atoms with Crippen LogP contribution in [0.25, 0.3) is 6.08 Å². The molecule has 1 aromatic rings. The zero-order valence-electron chi connectivity index (χ0n) is 14.1. The summed E-state index contributed by atoms with van der Waals surface area (Å²) in [6.45, 7) is 3.36. The molecule has 1 heterocycles. The molecule has 1 fully saturated rings. The first kappa shape index (κ1) is 17.8. The second kappa shape index (κ2) is 8.35. The van der Waals surface area contributed by atoms with Gasteiger partial charge in [0.2, 0.25) is 5.91 Å². The molecule has 2 rings (SSSR count). The quantitative estimate of drug-likeness (QED) is 0.814. The van der Waals surface area contributed by atoms with Gasteiger partial charge in [0.1, 0.15) is 5.70 Å². The molecule has 0 saturated carbocycles. The van der Waals surface area contributed by atoms with Gasteiger partial charge in [-0.1, -0.05) is 6.07 Å². The van der Waals surface area contributed by atoms with Gasteiger partial charge in [0.25, 0.3) is 5.91 Å². The highest BCUT2D eigenvalue weighted by molar-refractivity contribution is 6.01. The molecular formula is C17H22N2O5. The summed E-state index contributed by atoms with van der Waals surface area (Å²) in [5, 5.41) is 2.61. The van der Waals surface area contributed by atoms with Crippen molar-refractivity contribution in [1.29, 1.82) is 0 Å². The average Bonchev–Trinajstić information content (AvgIpc) is 2.60. The fourth-order valence-electron chi connectivity index (χ4n) is 2.39. The number of hydrogen-bond donors (Lipinski definition) is 1. The number of ether oxygens (including phenoxy) is 3. The Morgan fingerprint density at radius 2 is 1.83 bits per heavy atom. The normalized spacial score (nSPS) is 15.0. The van der Waals surface area contributed by atoms with Crippen molar-refractivity contribution in [1.82, 2.24) is 10.2 Å². The monoisotopic (exact) mass is 334 g/mol. The van der Waals surface area contributed by atoms with Crippen molar-refractivity contribution in [2.45, 2.75) is 6.92 Å². The van der Waals surface area contributed by atoms with Crippen LogP contribution in [0.2, 0.25) is 0 Å². The summed E-state index contributed by atoms with van der Waals surface area (Å²) in [4.78, 5) is 25.8. The molecule has 0 aromatic heterocycles. The molecule has 0 bridgehead atoms. The lowest BCUT2D eigenvalue weighted by atomic mass is 10.1. The number of carbonyl (C=O) groups is 2. The molecule has 1 saturated heterocycles. The maximum atomic E-state index is 12.6. The molecule has 0 unspecified atom stereocenters. The number of rotatable bonds is 5. The van der Waals surface area contributed by atoms with Crippen LogP contribution >= 0.6 is 0 Å². The fraction of sp³-hybridized carbons (Fsp3) is 0.412. The van der Waals surface area contributed by atoms with E-state index in [1.165, 1.54) is 6.92 Å². The van der Waals surface area contributed by atoms with Gasteiger partial charge in [0.05, 0.1) is 27.4 Å². The molecule has 1 N–H and O–H groups in total. The lowest BCUT2D eigenvalue weighted by Gasteiger charge is -2.27. The van der Waals surface area contributed by atoms with Crippen LogP contribution in [0.5, 0.6) is 11.5 Å². The third-order valence-corrected chi connectivity index (χ3v) is 3.56. The molecule has 2 amide bonds. The maximum absolute atomic E-state index is 12.6. The van der Waals surface area contributed by atoms with Crippen molar-refractivity contribution >= 4 is 17.9 Å². The number of nitrogens with zero attached hydrogens (tertiary/aromatic N) is 1. The van der Waals surface area contributed by atoms with Gasteiger partial charge in [0, 0.05) is 20.0 Å². The minimum atomic E-state index is -0.302. The summed E-state index contributed by atoms with van der Waals surface area (Å²) in [6.07, 6.45) is 1.63. The smallest absolute Gasteiger partial charge is 0.270 e. The molecule has 0 aliphatic carbocycles. The summed E-state index contributed by atoms with van der Waals surface area (Å²) in [5.74, 6) is 0.606. The molecular weight excluding hydrogens is 312 g/mol. The van der Waals surface area contributed by atoms with Crippen molar-refractivity contribution < 1.29 is 23.8 Å². The molecule has 0 radical (unpaired) electrons. The van der Waals surface area contributed by atoms with E-state index >= 15 is 0 Å². The predicted molar refractivity (Wildman–Crippen MR) is 88.7 cm³/mol. The van der Waals surface area contributed by atoms with Crippen LogP contribution in [0.4, 0.5) is 0 Å². The van der Waals surface area contributed by atoms with Crippen molar-refractivity contribution in [3.05, 3.63) is 29.5 Å². The number of hydrogen-bond acceptors (Lipinski definition) is 5. The number of carbonyl (C=O) groups excluding carboxylic acids is 2. The van der Waals surface area contributed by atoms with Crippen molar-refractivity contribution in [3.8, 4) is 11.5 Å². The van der Waals surface area contributed by atoms with Crippen LogP contribution in [0.3, 0.4) is 0 Å². The first-order valence-corrected chi connectivity index (χ1v) is 7.63. The van der Waals surface area contributed by atoms with Crippen LogP contribution in [0, 0.1) is 0 Å². The van der Waals surface area contributed by atoms with E-state index in [-0.39, 0.29) is 17.5 Å². The molecule has 7 heteroatoms. The lowest BCUT2D eigenvalue weighted by Crippen LogP contribution is -2.44.